The van der Waals surface area contributed by atoms with Crippen molar-refractivity contribution >= 4 is 22.4 Å². The molecule has 0 fully saturated rings. The average Bonchev–Trinajstić information content (AvgIpc) is 2.76. The second kappa shape index (κ2) is 8.37. The van der Waals surface area contributed by atoms with Gasteiger partial charge in [-0.1, -0.05) is 54.6 Å². The van der Waals surface area contributed by atoms with Gasteiger partial charge in [-0.15, -0.1) is 0 Å². The van der Waals surface area contributed by atoms with Gasteiger partial charge < -0.3 is 9.47 Å². The van der Waals surface area contributed by atoms with Gasteiger partial charge in [-0.25, -0.2) is 0 Å². The molecule has 1 heterocycles. The molecule has 1 amide bonds. The molecule has 0 aliphatic heterocycles. The van der Waals surface area contributed by atoms with E-state index in [0.29, 0.717) is 13.1 Å². The molecule has 4 nitrogen and oxygen atoms in total. The summed E-state index contributed by atoms with van der Waals surface area (Å²) in [5.74, 6) is -0.277. The smallest absolute Gasteiger partial charge is 0.263 e. The zero-order valence-electron chi connectivity index (χ0n) is 17.2. The van der Waals surface area contributed by atoms with E-state index in [2.05, 4.69) is 18.2 Å². The van der Waals surface area contributed by atoms with Crippen LogP contribution in [0, 0.1) is 6.92 Å². The molecule has 150 valence electrons. The summed E-state index contributed by atoms with van der Waals surface area (Å²) in [6.07, 6.45) is 1.74. The number of rotatable bonds is 5. The minimum absolute atomic E-state index is 0.182. The van der Waals surface area contributed by atoms with Crippen LogP contribution < -0.4 is 10.5 Å². The van der Waals surface area contributed by atoms with Crippen LogP contribution in [0.4, 0.5) is 5.69 Å². The number of nitrogens with zero attached hydrogens (tertiary/aromatic N) is 2. The van der Waals surface area contributed by atoms with Gasteiger partial charge in [-0.2, -0.15) is 0 Å². The molecule has 0 atom stereocenters. The molecule has 4 heteroatoms. The number of anilines is 1. The van der Waals surface area contributed by atoms with Crippen molar-refractivity contribution in [1.29, 1.82) is 0 Å². The Morgan fingerprint density at radius 1 is 0.933 bits per heavy atom. The van der Waals surface area contributed by atoms with Crippen LogP contribution >= 0.6 is 0 Å². The molecule has 4 aromatic rings. The van der Waals surface area contributed by atoms with Crippen molar-refractivity contribution in [3.05, 3.63) is 112 Å². The van der Waals surface area contributed by atoms with Crippen LogP contribution in [0.5, 0.6) is 0 Å². The molecule has 0 saturated carbocycles. The molecule has 0 aliphatic carbocycles. The molecule has 0 radical (unpaired) electrons. The van der Waals surface area contributed by atoms with Crippen LogP contribution in [0.15, 0.2) is 89.9 Å². The number of aromatic nitrogens is 1. The number of carbonyl (C=O) groups excluding carboxylic acids is 1. The summed E-state index contributed by atoms with van der Waals surface area (Å²) >= 11 is 0. The minimum atomic E-state index is -0.277. The Labute approximate surface area is 176 Å². The maximum atomic E-state index is 13.2. The molecule has 0 aliphatic rings. The molecule has 0 N–H and O–H groups in total. The van der Waals surface area contributed by atoms with Crippen molar-refractivity contribution in [3.8, 4) is 0 Å². The highest BCUT2D eigenvalue weighted by atomic mass is 16.2. The summed E-state index contributed by atoms with van der Waals surface area (Å²) in [6, 6.07) is 25.3. The third-order valence-electron chi connectivity index (χ3n) is 5.35. The summed E-state index contributed by atoms with van der Waals surface area (Å²) < 4.78 is 1.61. The van der Waals surface area contributed by atoms with Gasteiger partial charge in [-0.05, 0) is 60.0 Å². The molecule has 30 heavy (non-hydrogen) atoms. The van der Waals surface area contributed by atoms with E-state index in [1.807, 2.05) is 62.4 Å². The Balaban J connectivity index is 1.70. The van der Waals surface area contributed by atoms with Crippen molar-refractivity contribution in [1.82, 2.24) is 4.57 Å². The topological polar surface area (TPSA) is 42.3 Å². The first-order valence-electron chi connectivity index (χ1n) is 10.1. The molecule has 3 aromatic carbocycles. The third-order valence-corrected chi connectivity index (χ3v) is 5.35. The fourth-order valence-electron chi connectivity index (χ4n) is 3.82. The summed E-state index contributed by atoms with van der Waals surface area (Å²) in [4.78, 5) is 28.1. The fraction of sp³-hybridized carbons (Fsp3) is 0.154. The van der Waals surface area contributed by atoms with Crippen molar-refractivity contribution in [3.63, 3.8) is 0 Å². The number of fused-ring (bicyclic) bond motifs is 1. The lowest BCUT2D eigenvalue weighted by atomic mass is 10.0. The Bertz CT molecular complexity index is 1270. The molecule has 1 aromatic heterocycles. The summed E-state index contributed by atoms with van der Waals surface area (Å²) in [6.45, 7) is 4.80. The van der Waals surface area contributed by atoms with E-state index in [-0.39, 0.29) is 17.0 Å². The SMILES string of the molecule is CCN(C(=O)c1cccn(Cc2cccc3ccccc23)c1=O)c1cccc(C)c1. The van der Waals surface area contributed by atoms with Crippen LogP contribution in [-0.4, -0.2) is 17.0 Å². The highest BCUT2D eigenvalue weighted by Gasteiger charge is 2.20. The second-order valence-corrected chi connectivity index (χ2v) is 7.38. The second-order valence-electron chi connectivity index (χ2n) is 7.38. The number of hydrogen-bond donors (Lipinski definition) is 0. The van der Waals surface area contributed by atoms with E-state index >= 15 is 0 Å². The molecule has 0 unspecified atom stereocenters. The summed E-state index contributed by atoms with van der Waals surface area (Å²) in [7, 11) is 0. The predicted molar refractivity (Wildman–Crippen MR) is 122 cm³/mol. The number of pyridine rings is 1. The maximum Gasteiger partial charge on any atom is 0.263 e. The first-order valence-corrected chi connectivity index (χ1v) is 10.1. The van der Waals surface area contributed by atoms with E-state index < -0.39 is 0 Å². The van der Waals surface area contributed by atoms with Gasteiger partial charge in [0.25, 0.3) is 11.5 Å². The average molecular weight is 396 g/mol. The van der Waals surface area contributed by atoms with Crippen molar-refractivity contribution in [2.24, 2.45) is 0 Å². The van der Waals surface area contributed by atoms with E-state index in [9.17, 15) is 9.59 Å². The van der Waals surface area contributed by atoms with Crippen LogP contribution in [0.3, 0.4) is 0 Å². The lowest BCUT2D eigenvalue weighted by molar-refractivity contribution is 0.0986. The van der Waals surface area contributed by atoms with Crippen molar-refractivity contribution < 1.29 is 4.79 Å². The van der Waals surface area contributed by atoms with Gasteiger partial charge in [0.2, 0.25) is 0 Å². The van der Waals surface area contributed by atoms with Gasteiger partial charge in [0.05, 0.1) is 6.54 Å². The van der Waals surface area contributed by atoms with Gasteiger partial charge >= 0.3 is 0 Å². The normalized spacial score (nSPS) is 10.9. The minimum Gasteiger partial charge on any atom is -0.310 e. The Kier molecular flexibility index (Phi) is 5.48. The van der Waals surface area contributed by atoms with Gasteiger partial charge in [0, 0.05) is 18.4 Å². The molecular formula is C26H24N2O2. The maximum absolute atomic E-state index is 13.2. The Hall–Kier alpha value is -3.66. The number of benzene rings is 3. The lowest BCUT2D eigenvalue weighted by Crippen LogP contribution is -2.36. The quantitative estimate of drug-likeness (QED) is 0.475. The first kappa shape index (κ1) is 19.6. The number of carbonyl (C=O) groups is 1. The fourth-order valence-corrected chi connectivity index (χ4v) is 3.82. The zero-order chi connectivity index (χ0) is 21.1. The Morgan fingerprint density at radius 2 is 1.70 bits per heavy atom. The van der Waals surface area contributed by atoms with Gasteiger partial charge in [0.1, 0.15) is 5.56 Å². The van der Waals surface area contributed by atoms with E-state index in [1.54, 1.807) is 27.8 Å². The largest absolute Gasteiger partial charge is 0.310 e. The number of hydrogen-bond acceptors (Lipinski definition) is 2. The molecule has 4 rings (SSSR count). The molecular weight excluding hydrogens is 372 g/mol. The molecule has 0 spiro atoms. The predicted octanol–water partition coefficient (Wildman–Crippen LogP) is 5.02. The first-order chi connectivity index (χ1) is 14.6. The monoisotopic (exact) mass is 396 g/mol. The lowest BCUT2D eigenvalue weighted by Gasteiger charge is -2.21. The van der Waals surface area contributed by atoms with Gasteiger partial charge in [-0.3, -0.25) is 9.59 Å². The van der Waals surface area contributed by atoms with Gasteiger partial charge in [0.15, 0.2) is 0 Å². The summed E-state index contributed by atoms with van der Waals surface area (Å²) in [5, 5.41) is 2.24. The van der Waals surface area contributed by atoms with Crippen LogP contribution in [-0.2, 0) is 6.54 Å². The third kappa shape index (κ3) is 3.77. The highest BCUT2D eigenvalue weighted by molar-refractivity contribution is 6.05. The Morgan fingerprint density at radius 3 is 2.50 bits per heavy atom. The van der Waals surface area contributed by atoms with Crippen LogP contribution in [0.2, 0.25) is 0 Å². The molecule has 0 bridgehead atoms. The summed E-state index contributed by atoms with van der Waals surface area (Å²) in [5.41, 5.74) is 2.82. The van der Waals surface area contributed by atoms with E-state index in [4.69, 9.17) is 0 Å². The van der Waals surface area contributed by atoms with Crippen molar-refractivity contribution in [2.45, 2.75) is 20.4 Å². The zero-order valence-corrected chi connectivity index (χ0v) is 17.2. The highest BCUT2D eigenvalue weighted by Crippen LogP contribution is 2.20. The number of aryl methyl sites for hydroxylation is 1. The van der Waals surface area contributed by atoms with Crippen molar-refractivity contribution in [2.75, 3.05) is 11.4 Å². The number of amides is 1. The van der Waals surface area contributed by atoms with E-state index in [1.165, 1.54) is 0 Å². The van der Waals surface area contributed by atoms with Crippen LogP contribution in [0.1, 0.15) is 28.4 Å². The molecule has 0 saturated heterocycles. The van der Waals surface area contributed by atoms with E-state index in [0.717, 1.165) is 27.6 Å². The van der Waals surface area contributed by atoms with Crippen LogP contribution in [0.25, 0.3) is 10.8 Å². The standard InChI is InChI=1S/C26H24N2O2/c1-3-28(22-13-6-9-19(2)17-22)26(30)24-15-8-16-27(25(24)29)18-21-12-7-11-20-10-4-5-14-23(20)21/h4-17H,3,18H2,1-2H3.